The van der Waals surface area contributed by atoms with Gasteiger partial charge in [0.2, 0.25) is 0 Å². The van der Waals surface area contributed by atoms with E-state index in [1.54, 1.807) is 12.4 Å². The molecule has 4 heterocycles. The van der Waals surface area contributed by atoms with Crippen molar-refractivity contribution in [3.63, 3.8) is 0 Å². The van der Waals surface area contributed by atoms with Crippen LogP contribution in [0, 0.1) is 0 Å². The molecular formula is C19H14N4. The molecule has 0 bridgehead atoms. The highest BCUT2D eigenvalue weighted by atomic mass is 14.7. The second kappa shape index (κ2) is 5.85. The standard InChI is InChI=1S/C19H14N4/c1-2-10-22-17(6-1)18-15(16-7-4-11-21-16)8-12-23-19(18)14-5-3-9-20-13-14/h1-13,21H. The third kappa shape index (κ3) is 2.51. The zero-order valence-corrected chi connectivity index (χ0v) is 12.3. The van der Waals surface area contributed by atoms with Gasteiger partial charge in [0.15, 0.2) is 0 Å². The Balaban J connectivity index is 2.02. The summed E-state index contributed by atoms with van der Waals surface area (Å²) in [5, 5.41) is 0. The minimum absolute atomic E-state index is 0.879. The van der Waals surface area contributed by atoms with Gasteiger partial charge in [-0.25, -0.2) is 0 Å². The highest BCUT2D eigenvalue weighted by molar-refractivity contribution is 5.90. The summed E-state index contributed by atoms with van der Waals surface area (Å²) in [6, 6.07) is 15.9. The smallest absolute Gasteiger partial charge is 0.0818 e. The van der Waals surface area contributed by atoms with E-state index in [1.165, 1.54) is 0 Å². The Labute approximate surface area is 133 Å². The predicted molar refractivity (Wildman–Crippen MR) is 90.5 cm³/mol. The third-order valence-corrected chi connectivity index (χ3v) is 3.70. The Morgan fingerprint density at radius 3 is 2.52 bits per heavy atom. The molecule has 4 heteroatoms. The molecule has 4 rings (SSSR count). The zero-order chi connectivity index (χ0) is 15.5. The van der Waals surface area contributed by atoms with Crippen LogP contribution in [0.1, 0.15) is 0 Å². The number of aromatic amines is 1. The van der Waals surface area contributed by atoms with Crippen LogP contribution >= 0.6 is 0 Å². The van der Waals surface area contributed by atoms with Crippen molar-refractivity contribution in [2.75, 3.05) is 0 Å². The molecule has 0 aliphatic rings. The van der Waals surface area contributed by atoms with Gasteiger partial charge in [0.05, 0.1) is 11.4 Å². The van der Waals surface area contributed by atoms with E-state index in [0.717, 1.165) is 33.8 Å². The fourth-order valence-corrected chi connectivity index (χ4v) is 2.68. The maximum absolute atomic E-state index is 4.60. The Morgan fingerprint density at radius 1 is 0.783 bits per heavy atom. The lowest BCUT2D eigenvalue weighted by Crippen LogP contribution is -1.95. The Morgan fingerprint density at radius 2 is 1.78 bits per heavy atom. The Kier molecular flexibility index (Phi) is 3.41. The van der Waals surface area contributed by atoms with Gasteiger partial charge in [-0.05, 0) is 42.5 Å². The number of rotatable bonds is 3. The molecule has 0 aliphatic carbocycles. The summed E-state index contributed by atoms with van der Waals surface area (Å²) in [4.78, 5) is 16.6. The largest absolute Gasteiger partial charge is 0.361 e. The number of pyridine rings is 3. The minimum Gasteiger partial charge on any atom is -0.361 e. The maximum Gasteiger partial charge on any atom is 0.0818 e. The van der Waals surface area contributed by atoms with E-state index < -0.39 is 0 Å². The Bertz CT molecular complexity index is 901. The fraction of sp³-hybridized carbons (Fsp3) is 0. The number of nitrogens with one attached hydrogen (secondary N) is 1. The second-order valence-corrected chi connectivity index (χ2v) is 5.12. The van der Waals surface area contributed by atoms with Crippen LogP contribution in [-0.2, 0) is 0 Å². The topological polar surface area (TPSA) is 54.5 Å². The lowest BCUT2D eigenvalue weighted by molar-refractivity contribution is 1.25. The van der Waals surface area contributed by atoms with Crippen LogP contribution in [0.4, 0.5) is 0 Å². The van der Waals surface area contributed by atoms with Crippen LogP contribution in [0.25, 0.3) is 33.8 Å². The van der Waals surface area contributed by atoms with Crippen molar-refractivity contribution >= 4 is 0 Å². The number of aromatic nitrogens is 4. The van der Waals surface area contributed by atoms with Crippen LogP contribution < -0.4 is 0 Å². The Hall–Kier alpha value is -3.27. The van der Waals surface area contributed by atoms with Crippen LogP contribution in [-0.4, -0.2) is 19.9 Å². The van der Waals surface area contributed by atoms with Gasteiger partial charge in [-0.1, -0.05) is 6.07 Å². The molecule has 0 fully saturated rings. The van der Waals surface area contributed by atoms with Gasteiger partial charge in [0.1, 0.15) is 0 Å². The van der Waals surface area contributed by atoms with E-state index in [9.17, 15) is 0 Å². The average Bonchev–Trinajstić information content (AvgIpc) is 3.17. The van der Waals surface area contributed by atoms with E-state index >= 15 is 0 Å². The molecule has 0 amide bonds. The average molecular weight is 298 g/mol. The molecule has 0 atom stereocenters. The first-order chi connectivity index (χ1) is 11.4. The lowest BCUT2D eigenvalue weighted by atomic mass is 9.97. The molecule has 0 unspecified atom stereocenters. The second-order valence-electron chi connectivity index (χ2n) is 5.12. The maximum atomic E-state index is 4.60. The van der Waals surface area contributed by atoms with E-state index in [1.807, 2.05) is 61.1 Å². The SMILES string of the molecule is c1ccc(-c2c(-c3ccc[nH]3)ccnc2-c2cccnc2)nc1. The summed E-state index contributed by atoms with van der Waals surface area (Å²) >= 11 is 0. The van der Waals surface area contributed by atoms with Crippen LogP contribution in [0.5, 0.6) is 0 Å². The molecule has 0 radical (unpaired) electrons. The summed E-state index contributed by atoms with van der Waals surface area (Å²) in [6.45, 7) is 0. The van der Waals surface area contributed by atoms with E-state index in [2.05, 4.69) is 26.0 Å². The third-order valence-electron chi connectivity index (χ3n) is 3.70. The minimum atomic E-state index is 0.879. The highest BCUT2D eigenvalue weighted by Gasteiger charge is 2.16. The number of hydrogen-bond acceptors (Lipinski definition) is 3. The van der Waals surface area contributed by atoms with E-state index in [4.69, 9.17) is 0 Å². The quantitative estimate of drug-likeness (QED) is 0.616. The first-order valence-corrected chi connectivity index (χ1v) is 7.38. The van der Waals surface area contributed by atoms with Crippen molar-refractivity contribution in [1.29, 1.82) is 0 Å². The summed E-state index contributed by atoms with van der Waals surface area (Å²) in [7, 11) is 0. The summed E-state index contributed by atoms with van der Waals surface area (Å²) in [5.74, 6) is 0. The van der Waals surface area contributed by atoms with Gasteiger partial charge in [0, 0.05) is 53.4 Å². The number of H-pyrrole nitrogens is 1. The van der Waals surface area contributed by atoms with Gasteiger partial charge in [-0.2, -0.15) is 0 Å². The molecule has 4 aromatic heterocycles. The first-order valence-electron chi connectivity index (χ1n) is 7.38. The predicted octanol–water partition coefficient (Wildman–Crippen LogP) is 4.20. The van der Waals surface area contributed by atoms with Crippen LogP contribution in [0.2, 0.25) is 0 Å². The summed E-state index contributed by atoms with van der Waals surface area (Å²) < 4.78 is 0. The normalized spacial score (nSPS) is 10.6. The van der Waals surface area contributed by atoms with Crippen molar-refractivity contribution in [1.82, 2.24) is 19.9 Å². The van der Waals surface area contributed by atoms with Gasteiger partial charge in [-0.3, -0.25) is 15.0 Å². The van der Waals surface area contributed by atoms with Gasteiger partial charge < -0.3 is 4.98 Å². The molecule has 0 saturated heterocycles. The van der Waals surface area contributed by atoms with Crippen molar-refractivity contribution in [2.24, 2.45) is 0 Å². The molecule has 0 spiro atoms. The lowest BCUT2D eigenvalue weighted by Gasteiger charge is -2.13. The van der Waals surface area contributed by atoms with Crippen molar-refractivity contribution in [3.05, 3.63) is 79.5 Å². The van der Waals surface area contributed by atoms with E-state index in [-0.39, 0.29) is 0 Å². The van der Waals surface area contributed by atoms with Crippen molar-refractivity contribution < 1.29 is 0 Å². The molecule has 4 aromatic rings. The summed E-state index contributed by atoms with van der Waals surface area (Å²) in [6.07, 6.45) is 9.13. The molecular weight excluding hydrogens is 284 g/mol. The highest BCUT2D eigenvalue weighted by Crippen LogP contribution is 2.36. The van der Waals surface area contributed by atoms with Crippen LogP contribution in [0.15, 0.2) is 79.5 Å². The van der Waals surface area contributed by atoms with Gasteiger partial charge >= 0.3 is 0 Å². The van der Waals surface area contributed by atoms with E-state index in [0.29, 0.717) is 0 Å². The first kappa shape index (κ1) is 13.4. The summed E-state index contributed by atoms with van der Waals surface area (Å²) in [5.41, 5.74) is 5.86. The van der Waals surface area contributed by atoms with Crippen molar-refractivity contribution in [3.8, 4) is 33.8 Å². The molecule has 0 aromatic carbocycles. The molecule has 0 saturated carbocycles. The molecule has 110 valence electrons. The monoisotopic (exact) mass is 298 g/mol. The number of nitrogens with zero attached hydrogens (tertiary/aromatic N) is 3. The molecule has 0 aliphatic heterocycles. The molecule has 23 heavy (non-hydrogen) atoms. The fourth-order valence-electron chi connectivity index (χ4n) is 2.68. The number of hydrogen-bond donors (Lipinski definition) is 1. The van der Waals surface area contributed by atoms with Gasteiger partial charge in [0.25, 0.3) is 0 Å². The molecule has 1 N–H and O–H groups in total. The van der Waals surface area contributed by atoms with Crippen LogP contribution in [0.3, 0.4) is 0 Å². The van der Waals surface area contributed by atoms with Gasteiger partial charge in [-0.15, -0.1) is 0 Å². The zero-order valence-electron chi connectivity index (χ0n) is 12.3. The molecule has 4 nitrogen and oxygen atoms in total. The van der Waals surface area contributed by atoms with Crippen molar-refractivity contribution in [2.45, 2.75) is 0 Å².